The first-order valence-electron chi connectivity index (χ1n) is 9.03. The van der Waals surface area contributed by atoms with Gasteiger partial charge in [0.1, 0.15) is 0 Å². The lowest BCUT2D eigenvalue weighted by Crippen LogP contribution is -2.47. The van der Waals surface area contributed by atoms with Crippen molar-refractivity contribution >= 4 is 36.4 Å². The maximum absolute atomic E-state index is 11.8. The van der Waals surface area contributed by atoms with Gasteiger partial charge in [-0.3, -0.25) is 9.59 Å². The minimum atomic E-state index is -2.00. The molecule has 0 fully saturated rings. The number of carbonyl (C=O) groups excluding carboxylic acids is 2. The number of rotatable bonds is 9. The molecule has 0 radical (unpaired) electrons. The van der Waals surface area contributed by atoms with E-state index in [9.17, 15) is 19.8 Å². The molecule has 0 saturated heterocycles. The van der Waals surface area contributed by atoms with E-state index in [-0.39, 0.29) is 0 Å². The zero-order valence-corrected chi connectivity index (χ0v) is 16.0. The van der Waals surface area contributed by atoms with Gasteiger partial charge in [-0.1, -0.05) is 72.8 Å². The van der Waals surface area contributed by atoms with Gasteiger partial charge in [-0.2, -0.15) is 10.2 Å². The van der Waals surface area contributed by atoms with E-state index < -0.39 is 24.0 Å². The highest BCUT2D eigenvalue weighted by Crippen LogP contribution is 2.00. The Morgan fingerprint density at radius 2 is 1.07 bits per heavy atom. The van der Waals surface area contributed by atoms with Crippen molar-refractivity contribution < 1.29 is 19.8 Å². The average Bonchev–Trinajstić information content (AvgIpc) is 2.78. The molecule has 2 atom stereocenters. The molecule has 0 aliphatic heterocycles. The number of benzene rings is 2. The van der Waals surface area contributed by atoms with E-state index in [2.05, 4.69) is 10.2 Å². The van der Waals surface area contributed by atoms with Gasteiger partial charge in [0.2, 0.25) is 0 Å². The summed E-state index contributed by atoms with van der Waals surface area (Å²) in [6, 6.07) is 18.9. The number of nitrogens with one attached hydrogen (secondary N) is 2. The van der Waals surface area contributed by atoms with Crippen LogP contribution in [0.5, 0.6) is 0 Å². The van der Waals surface area contributed by atoms with Crippen molar-refractivity contribution in [2.45, 2.75) is 12.2 Å². The molecule has 0 aliphatic rings. The average molecular weight is 406 g/mol. The Kier molecular flexibility index (Phi) is 9.38. The van der Waals surface area contributed by atoms with Crippen LogP contribution in [0.25, 0.3) is 12.2 Å². The van der Waals surface area contributed by atoms with Crippen molar-refractivity contribution in [2.24, 2.45) is 10.2 Å². The zero-order chi connectivity index (χ0) is 21.6. The molecular weight excluding hydrogens is 384 g/mol. The summed E-state index contributed by atoms with van der Waals surface area (Å²) < 4.78 is 0. The number of aliphatic hydroxyl groups is 2. The summed E-state index contributed by atoms with van der Waals surface area (Å²) in [7, 11) is 0. The first kappa shape index (κ1) is 22.4. The molecule has 0 saturated carbocycles. The second-order valence-electron chi connectivity index (χ2n) is 5.94. The van der Waals surface area contributed by atoms with Crippen LogP contribution in [0, 0.1) is 0 Å². The molecule has 2 aromatic carbocycles. The predicted octanol–water partition coefficient (Wildman–Crippen LogP) is 1.34. The van der Waals surface area contributed by atoms with Crippen LogP contribution in [-0.2, 0) is 9.59 Å². The minimum absolute atomic E-state index is 0.946. The molecule has 2 aromatic rings. The number of hydrazone groups is 2. The monoisotopic (exact) mass is 406 g/mol. The van der Waals surface area contributed by atoms with Crippen LogP contribution < -0.4 is 10.9 Å². The Morgan fingerprint density at radius 1 is 0.700 bits per heavy atom. The van der Waals surface area contributed by atoms with Gasteiger partial charge in [-0.15, -0.1) is 0 Å². The molecule has 2 amide bonds. The number of allylic oxidation sites excluding steroid dienone is 2. The predicted molar refractivity (Wildman–Crippen MR) is 116 cm³/mol. The van der Waals surface area contributed by atoms with Crippen molar-refractivity contribution in [1.29, 1.82) is 0 Å². The van der Waals surface area contributed by atoms with Crippen LogP contribution in [-0.4, -0.2) is 46.7 Å². The minimum Gasteiger partial charge on any atom is -0.380 e. The normalized spacial score (nSPS) is 13.8. The van der Waals surface area contributed by atoms with E-state index in [1.165, 1.54) is 12.4 Å². The van der Waals surface area contributed by atoms with Gasteiger partial charge in [0.25, 0.3) is 11.8 Å². The van der Waals surface area contributed by atoms with Crippen LogP contribution >= 0.6 is 0 Å². The smallest absolute Gasteiger partial charge is 0.272 e. The number of hydrogen-bond donors (Lipinski definition) is 4. The van der Waals surface area contributed by atoms with E-state index >= 15 is 0 Å². The fourth-order valence-electron chi connectivity index (χ4n) is 2.14. The van der Waals surface area contributed by atoms with E-state index in [0.29, 0.717) is 0 Å². The Hall–Kier alpha value is -3.88. The quantitative estimate of drug-likeness (QED) is 0.371. The Labute approximate surface area is 174 Å². The van der Waals surface area contributed by atoms with Crippen molar-refractivity contribution in [1.82, 2.24) is 10.9 Å². The first-order valence-corrected chi connectivity index (χ1v) is 9.03. The van der Waals surface area contributed by atoms with Crippen LogP contribution in [0.1, 0.15) is 11.1 Å². The number of carbonyl (C=O) groups is 2. The SMILES string of the molecule is O=C(N/N=C/C=C\c1ccccc1)[C@@H](O)[C@@H](O)C(=O)N/N=C/C=C/c1ccccc1. The standard InChI is InChI=1S/C22H22N4O4/c27-19(21(29)25-23-15-7-13-17-9-3-1-4-10-17)20(28)22(30)26-24-16-8-14-18-11-5-2-6-12-18/h1-16,19-20,27-28H,(H,25,29)(H,26,30)/b13-7-,14-8+,23-15+,24-16+/t19-,20+/m0/s1. The highest BCUT2D eigenvalue weighted by molar-refractivity contribution is 5.91. The molecule has 0 aromatic heterocycles. The molecule has 30 heavy (non-hydrogen) atoms. The van der Waals surface area contributed by atoms with Gasteiger partial charge in [0.15, 0.2) is 12.2 Å². The van der Waals surface area contributed by atoms with Gasteiger partial charge in [0.05, 0.1) is 0 Å². The highest BCUT2D eigenvalue weighted by atomic mass is 16.3. The van der Waals surface area contributed by atoms with Crippen molar-refractivity contribution in [2.75, 3.05) is 0 Å². The van der Waals surface area contributed by atoms with Gasteiger partial charge in [-0.25, -0.2) is 10.9 Å². The van der Waals surface area contributed by atoms with Gasteiger partial charge in [0, 0.05) is 12.4 Å². The summed E-state index contributed by atoms with van der Waals surface area (Å²) in [6.07, 6.45) is 5.29. The molecule has 0 spiro atoms. The molecule has 8 nitrogen and oxygen atoms in total. The third-order valence-electron chi connectivity index (χ3n) is 3.68. The highest BCUT2D eigenvalue weighted by Gasteiger charge is 2.30. The molecule has 4 N–H and O–H groups in total. The molecule has 0 aliphatic carbocycles. The fraction of sp³-hybridized carbons (Fsp3) is 0.0909. The van der Waals surface area contributed by atoms with Crippen LogP contribution in [0.2, 0.25) is 0 Å². The van der Waals surface area contributed by atoms with Crippen molar-refractivity contribution in [3.05, 3.63) is 83.9 Å². The van der Waals surface area contributed by atoms with Gasteiger partial charge < -0.3 is 10.2 Å². The summed E-state index contributed by atoms with van der Waals surface area (Å²) in [6.45, 7) is 0. The first-order chi connectivity index (χ1) is 14.6. The van der Waals surface area contributed by atoms with Crippen LogP contribution in [0.4, 0.5) is 0 Å². The number of amides is 2. The third-order valence-corrected chi connectivity index (χ3v) is 3.68. The van der Waals surface area contributed by atoms with E-state index in [0.717, 1.165) is 11.1 Å². The molecular formula is C22H22N4O4. The summed E-state index contributed by atoms with van der Waals surface area (Å²) in [5, 5.41) is 26.7. The van der Waals surface area contributed by atoms with Gasteiger partial charge >= 0.3 is 0 Å². The lowest BCUT2D eigenvalue weighted by Gasteiger charge is -2.13. The zero-order valence-electron chi connectivity index (χ0n) is 16.0. The Bertz CT molecular complexity index is 847. The molecule has 2 rings (SSSR count). The Balaban J connectivity index is 1.74. The molecule has 8 heteroatoms. The van der Waals surface area contributed by atoms with Crippen molar-refractivity contribution in [3.8, 4) is 0 Å². The van der Waals surface area contributed by atoms with Crippen molar-refractivity contribution in [3.63, 3.8) is 0 Å². The number of hydrogen-bond acceptors (Lipinski definition) is 6. The van der Waals surface area contributed by atoms with Crippen LogP contribution in [0.3, 0.4) is 0 Å². The van der Waals surface area contributed by atoms with E-state index in [1.54, 1.807) is 24.3 Å². The molecule has 154 valence electrons. The summed E-state index contributed by atoms with van der Waals surface area (Å²) >= 11 is 0. The Morgan fingerprint density at radius 3 is 1.43 bits per heavy atom. The van der Waals surface area contributed by atoms with E-state index in [1.807, 2.05) is 71.5 Å². The third kappa shape index (κ3) is 8.01. The molecule has 0 unspecified atom stereocenters. The number of aliphatic hydroxyl groups excluding tert-OH is 2. The van der Waals surface area contributed by atoms with E-state index in [4.69, 9.17) is 0 Å². The lowest BCUT2D eigenvalue weighted by molar-refractivity contribution is -0.146. The number of nitrogens with zero attached hydrogens (tertiary/aromatic N) is 2. The molecule has 0 heterocycles. The second-order valence-corrected chi connectivity index (χ2v) is 5.94. The summed E-state index contributed by atoms with van der Waals surface area (Å²) in [5.74, 6) is -2.06. The summed E-state index contributed by atoms with van der Waals surface area (Å²) in [5.41, 5.74) is 5.97. The van der Waals surface area contributed by atoms with Gasteiger partial charge in [-0.05, 0) is 23.3 Å². The lowest BCUT2D eigenvalue weighted by atomic mass is 10.2. The topological polar surface area (TPSA) is 123 Å². The summed E-state index contributed by atoms with van der Waals surface area (Å²) in [4.78, 5) is 23.5. The molecule has 0 bridgehead atoms. The fourth-order valence-corrected chi connectivity index (χ4v) is 2.14. The maximum atomic E-state index is 11.8. The largest absolute Gasteiger partial charge is 0.380 e. The maximum Gasteiger partial charge on any atom is 0.272 e. The van der Waals surface area contributed by atoms with Crippen LogP contribution in [0.15, 0.2) is 83.0 Å². The second kappa shape index (κ2) is 12.6.